The SMILES string of the molecule is [CH2]C(C)C[SiH3]. The lowest BCUT2D eigenvalue weighted by Crippen LogP contribution is -1.80. The Bertz CT molecular complexity index is 17.6. The Hall–Kier alpha value is 0.217. The molecule has 0 aliphatic heterocycles. The fraction of sp³-hybridized carbons (Fsp3) is 0.750. The molecule has 1 radical (unpaired) electrons. The molecule has 0 rings (SSSR count). The summed E-state index contributed by atoms with van der Waals surface area (Å²) in [5.74, 6) is 0.696. The van der Waals surface area contributed by atoms with Gasteiger partial charge in [-0.25, -0.2) is 0 Å². The molecule has 0 amide bonds. The summed E-state index contributed by atoms with van der Waals surface area (Å²) in [6, 6.07) is 1.33. The summed E-state index contributed by atoms with van der Waals surface area (Å²) in [5, 5.41) is 0. The van der Waals surface area contributed by atoms with Crippen LogP contribution >= 0.6 is 0 Å². The van der Waals surface area contributed by atoms with Crippen molar-refractivity contribution in [2.75, 3.05) is 0 Å². The molecule has 0 bridgehead atoms. The van der Waals surface area contributed by atoms with Crippen molar-refractivity contribution in [3.63, 3.8) is 0 Å². The lowest BCUT2D eigenvalue weighted by Gasteiger charge is -1.90. The molecule has 0 aliphatic rings. The molecule has 0 N–H and O–H groups in total. The van der Waals surface area contributed by atoms with E-state index in [0.717, 1.165) is 0 Å². The van der Waals surface area contributed by atoms with Crippen LogP contribution in [0.1, 0.15) is 6.92 Å². The van der Waals surface area contributed by atoms with Gasteiger partial charge in [0.15, 0.2) is 0 Å². The van der Waals surface area contributed by atoms with Gasteiger partial charge in [0.25, 0.3) is 0 Å². The van der Waals surface area contributed by atoms with Gasteiger partial charge in [0.2, 0.25) is 0 Å². The average molecular weight is 87.2 g/mol. The van der Waals surface area contributed by atoms with Crippen LogP contribution in [0.3, 0.4) is 0 Å². The fourth-order valence-corrected chi connectivity index (χ4v) is 0. The summed E-state index contributed by atoms with van der Waals surface area (Å²) >= 11 is 0. The molecule has 0 heterocycles. The summed E-state index contributed by atoms with van der Waals surface area (Å²) in [7, 11) is 1.31. The Morgan fingerprint density at radius 2 is 2.20 bits per heavy atom. The van der Waals surface area contributed by atoms with Crippen molar-refractivity contribution in [1.29, 1.82) is 0 Å². The third-order valence-corrected chi connectivity index (χ3v) is 2.09. The Labute approximate surface area is 37.0 Å². The zero-order valence-electron chi connectivity index (χ0n) is 3.99. The van der Waals surface area contributed by atoms with Gasteiger partial charge in [-0.05, 0) is 5.92 Å². The topological polar surface area (TPSA) is 0 Å². The van der Waals surface area contributed by atoms with Crippen molar-refractivity contribution < 1.29 is 0 Å². The van der Waals surface area contributed by atoms with Crippen molar-refractivity contribution in [2.45, 2.75) is 13.0 Å². The molecule has 0 aromatic rings. The van der Waals surface area contributed by atoms with Crippen LogP contribution in [0.25, 0.3) is 0 Å². The Kier molecular flexibility index (Phi) is 2.56. The predicted molar refractivity (Wildman–Crippen MR) is 29.3 cm³/mol. The van der Waals surface area contributed by atoms with Crippen molar-refractivity contribution >= 4 is 10.2 Å². The highest BCUT2D eigenvalue weighted by Crippen LogP contribution is 1.91. The first kappa shape index (κ1) is 5.22. The van der Waals surface area contributed by atoms with Crippen LogP contribution in [-0.2, 0) is 0 Å². The van der Waals surface area contributed by atoms with Gasteiger partial charge >= 0.3 is 0 Å². The largest absolute Gasteiger partial charge is 0.0633 e. The Morgan fingerprint density at radius 3 is 2.20 bits per heavy atom. The molecule has 0 spiro atoms. The van der Waals surface area contributed by atoms with Crippen molar-refractivity contribution in [3.05, 3.63) is 6.92 Å². The highest BCUT2D eigenvalue weighted by atomic mass is 28.1. The highest BCUT2D eigenvalue weighted by molar-refractivity contribution is 6.08. The molecule has 5 heavy (non-hydrogen) atoms. The zero-order chi connectivity index (χ0) is 4.28. The van der Waals surface area contributed by atoms with Crippen LogP contribution in [0.4, 0.5) is 0 Å². The summed E-state index contributed by atoms with van der Waals surface area (Å²) in [5.41, 5.74) is 0. The third-order valence-electron chi connectivity index (χ3n) is 0.697. The van der Waals surface area contributed by atoms with Crippen molar-refractivity contribution in [3.8, 4) is 0 Å². The summed E-state index contributed by atoms with van der Waals surface area (Å²) in [6.45, 7) is 5.94. The Balaban J connectivity index is 2.54. The molecule has 1 atom stereocenters. The van der Waals surface area contributed by atoms with Crippen LogP contribution < -0.4 is 0 Å². The lowest BCUT2D eigenvalue weighted by molar-refractivity contribution is 0.825. The molecule has 31 valence electrons. The van der Waals surface area contributed by atoms with E-state index in [-0.39, 0.29) is 0 Å². The van der Waals surface area contributed by atoms with Gasteiger partial charge in [-0.15, -0.1) is 0 Å². The minimum absolute atomic E-state index is 0.696. The molecular weight excluding hydrogens is 76.1 g/mol. The molecule has 0 saturated carbocycles. The van der Waals surface area contributed by atoms with E-state index in [2.05, 4.69) is 13.8 Å². The quantitative estimate of drug-likeness (QED) is 0.402. The molecule has 0 aromatic heterocycles. The molecule has 1 unspecified atom stereocenters. The summed E-state index contributed by atoms with van der Waals surface area (Å²) in [6.07, 6.45) is 0. The summed E-state index contributed by atoms with van der Waals surface area (Å²) in [4.78, 5) is 0. The van der Waals surface area contributed by atoms with E-state index in [4.69, 9.17) is 0 Å². The van der Waals surface area contributed by atoms with Gasteiger partial charge in [0, 0.05) is 10.2 Å². The number of hydrogen-bond donors (Lipinski definition) is 0. The molecule has 0 nitrogen and oxygen atoms in total. The van der Waals surface area contributed by atoms with Crippen LogP contribution in [-0.4, -0.2) is 10.2 Å². The molecular formula is C4H11Si. The molecule has 0 fully saturated rings. The summed E-state index contributed by atoms with van der Waals surface area (Å²) < 4.78 is 0. The van der Waals surface area contributed by atoms with Gasteiger partial charge in [-0.2, -0.15) is 0 Å². The second-order valence-corrected chi connectivity index (χ2v) is 2.33. The monoisotopic (exact) mass is 87.1 g/mol. The molecule has 0 saturated heterocycles. The smallest absolute Gasteiger partial charge is 0.00313 e. The molecule has 0 aromatic carbocycles. The van der Waals surface area contributed by atoms with E-state index < -0.39 is 0 Å². The van der Waals surface area contributed by atoms with E-state index in [0.29, 0.717) is 5.92 Å². The standard InChI is InChI=1S/C4H11Si/c1-4(2)3-5/h4H,1,3H2,2,5H3. The number of hydrogen-bond acceptors (Lipinski definition) is 0. The average Bonchev–Trinajstić information content (AvgIpc) is 1.38. The maximum atomic E-state index is 3.79. The first-order chi connectivity index (χ1) is 2.27. The van der Waals surface area contributed by atoms with Gasteiger partial charge in [0.1, 0.15) is 0 Å². The van der Waals surface area contributed by atoms with Crippen LogP contribution in [0.15, 0.2) is 0 Å². The molecule has 0 aliphatic carbocycles. The minimum atomic E-state index is 0.696. The van der Waals surface area contributed by atoms with Crippen LogP contribution in [0.5, 0.6) is 0 Å². The second kappa shape index (κ2) is 2.45. The fourth-order valence-electron chi connectivity index (χ4n) is 0. The first-order valence-corrected chi connectivity index (χ1v) is 3.52. The Morgan fingerprint density at radius 1 is 2.00 bits per heavy atom. The van der Waals surface area contributed by atoms with E-state index in [1.165, 1.54) is 16.3 Å². The van der Waals surface area contributed by atoms with Crippen molar-refractivity contribution in [1.82, 2.24) is 0 Å². The van der Waals surface area contributed by atoms with Gasteiger partial charge in [-0.1, -0.05) is 19.9 Å². The third kappa shape index (κ3) is 4.22. The maximum Gasteiger partial charge on any atom is 0.00313 e. The van der Waals surface area contributed by atoms with E-state index >= 15 is 0 Å². The van der Waals surface area contributed by atoms with Crippen LogP contribution in [0.2, 0.25) is 6.04 Å². The normalized spacial score (nSPS) is 10.2. The predicted octanol–water partition coefficient (Wildman–Crippen LogP) is 0.240. The molecule has 1 heteroatoms. The second-order valence-electron chi connectivity index (χ2n) is 1.51. The van der Waals surface area contributed by atoms with Gasteiger partial charge in [-0.3, -0.25) is 0 Å². The van der Waals surface area contributed by atoms with Crippen LogP contribution in [0, 0.1) is 12.8 Å². The van der Waals surface area contributed by atoms with E-state index in [1.807, 2.05) is 0 Å². The first-order valence-electron chi connectivity index (χ1n) is 2.10. The van der Waals surface area contributed by atoms with Crippen molar-refractivity contribution in [2.24, 2.45) is 5.92 Å². The van der Waals surface area contributed by atoms with E-state index in [1.54, 1.807) is 0 Å². The maximum absolute atomic E-state index is 3.79. The zero-order valence-corrected chi connectivity index (χ0v) is 5.99. The highest BCUT2D eigenvalue weighted by Gasteiger charge is 1.80. The van der Waals surface area contributed by atoms with Gasteiger partial charge < -0.3 is 0 Å². The number of rotatable bonds is 1. The van der Waals surface area contributed by atoms with Gasteiger partial charge in [0.05, 0.1) is 0 Å². The minimum Gasteiger partial charge on any atom is -0.0633 e. The van der Waals surface area contributed by atoms with E-state index in [9.17, 15) is 0 Å². The lowest BCUT2D eigenvalue weighted by atomic mass is 10.3.